The lowest BCUT2D eigenvalue weighted by atomic mass is 10.0. The molecule has 4 aromatic rings. The van der Waals surface area contributed by atoms with E-state index >= 15 is 0 Å². The molecule has 11 nitrogen and oxygen atoms in total. The van der Waals surface area contributed by atoms with Crippen LogP contribution in [0, 0.1) is 13.8 Å². The minimum atomic E-state index is -3.09. The van der Waals surface area contributed by atoms with E-state index in [1.165, 1.54) is 7.11 Å². The van der Waals surface area contributed by atoms with Gasteiger partial charge in [-0.15, -0.1) is 0 Å². The molecule has 0 saturated carbocycles. The summed E-state index contributed by atoms with van der Waals surface area (Å²) in [5.41, 5.74) is 6.25. The van der Waals surface area contributed by atoms with Crippen LogP contribution in [0.25, 0.3) is 5.82 Å². The first kappa shape index (κ1) is 28.4. The summed E-state index contributed by atoms with van der Waals surface area (Å²) in [4.78, 5) is 37.1. The monoisotopic (exact) mass is 600 g/mol. The summed E-state index contributed by atoms with van der Waals surface area (Å²) >= 11 is 0. The molecule has 12 heteroatoms. The molecular formula is C31H32N6O5S. The summed E-state index contributed by atoms with van der Waals surface area (Å²) in [6, 6.07) is 12.7. The Morgan fingerprint density at radius 2 is 1.74 bits per heavy atom. The Labute approximate surface area is 249 Å². The molecule has 1 fully saturated rings. The van der Waals surface area contributed by atoms with Crippen molar-refractivity contribution in [2.45, 2.75) is 26.7 Å². The number of benzene rings is 2. The number of sulfone groups is 1. The van der Waals surface area contributed by atoms with Crippen molar-refractivity contribution in [3.05, 3.63) is 88.4 Å². The van der Waals surface area contributed by atoms with Crippen LogP contribution in [0.3, 0.4) is 0 Å². The van der Waals surface area contributed by atoms with Crippen LogP contribution in [-0.4, -0.2) is 71.4 Å². The molecule has 2 aromatic carbocycles. The molecule has 2 amide bonds. The van der Waals surface area contributed by atoms with Gasteiger partial charge in [0.15, 0.2) is 9.84 Å². The van der Waals surface area contributed by atoms with Crippen molar-refractivity contribution in [2.24, 2.45) is 0 Å². The van der Waals surface area contributed by atoms with Gasteiger partial charge in [0, 0.05) is 48.0 Å². The molecule has 2 N–H and O–H groups in total. The summed E-state index contributed by atoms with van der Waals surface area (Å²) in [5, 5.41) is 6.28. The van der Waals surface area contributed by atoms with Crippen molar-refractivity contribution >= 4 is 39.0 Å². The highest BCUT2D eigenvalue weighted by molar-refractivity contribution is 7.91. The molecule has 1 saturated heterocycles. The average Bonchev–Trinajstić information content (AvgIpc) is 3.44. The van der Waals surface area contributed by atoms with Crippen molar-refractivity contribution in [2.75, 3.05) is 42.3 Å². The Bertz CT molecular complexity index is 1830. The minimum absolute atomic E-state index is 0.0349. The SMILES string of the molecule is COc1cc(C(=O)N2CCS(=O)(=O)CC2)ccc1Nc1ncc2c(n1)-n1ccc(C(=O)Nc3c(C)cccc3C)c1CC2. The van der Waals surface area contributed by atoms with Gasteiger partial charge in [-0.05, 0) is 62.1 Å². The lowest BCUT2D eigenvalue weighted by Gasteiger charge is -2.27. The number of aryl methyl sites for hydroxylation is 3. The van der Waals surface area contributed by atoms with Gasteiger partial charge in [-0.2, -0.15) is 4.98 Å². The van der Waals surface area contributed by atoms with E-state index in [-0.39, 0.29) is 36.4 Å². The maximum absolute atomic E-state index is 13.3. The first-order valence-electron chi connectivity index (χ1n) is 14.0. The molecule has 0 atom stereocenters. The second-order valence-electron chi connectivity index (χ2n) is 10.8. The number of carbonyl (C=O) groups is 2. The molecule has 222 valence electrons. The quantitative estimate of drug-likeness (QED) is 0.341. The van der Waals surface area contributed by atoms with Crippen molar-refractivity contribution < 1.29 is 22.7 Å². The number of methoxy groups -OCH3 is 1. The van der Waals surface area contributed by atoms with E-state index in [9.17, 15) is 18.0 Å². The molecular weight excluding hydrogens is 568 g/mol. The maximum Gasteiger partial charge on any atom is 0.257 e. The van der Waals surface area contributed by atoms with E-state index in [1.807, 2.05) is 48.9 Å². The third kappa shape index (κ3) is 5.57. The smallest absolute Gasteiger partial charge is 0.257 e. The van der Waals surface area contributed by atoms with E-state index in [0.29, 0.717) is 47.2 Å². The minimum Gasteiger partial charge on any atom is -0.495 e. The third-order valence-corrected chi connectivity index (χ3v) is 9.59. The molecule has 6 rings (SSSR count). The van der Waals surface area contributed by atoms with E-state index in [1.54, 1.807) is 29.3 Å². The van der Waals surface area contributed by atoms with Crippen LogP contribution < -0.4 is 15.4 Å². The summed E-state index contributed by atoms with van der Waals surface area (Å²) < 4.78 is 31.0. The van der Waals surface area contributed by atoms with Crippen LogP contribution in [0.15, 0.2) is 54.9 Å². The molecule has 2 aliphatic rings. The first-order valence-corrected chi connectivity index (χ1v) is 15.8. The van der Waals surface area contributed by atoms with Crippen LogP contribution in [0.1, 0.15) is 43.1 Å². The Hall–Kier alpha value is -4.71. The van der Waals surface area contributed by atoms with E-state index in [2.05, 4.69) is 15.6 Å². The molecule has 2 aliphatic heterocycles. The molecule has 2 aromatic heterocycles. The summed E-state index contributed by atoms with van der Waals surface area (Å²) in [7, 11) is -1.59. The number of anilines is 3. The number of ether oxygens (including phenoxy) is 1. The van der Waals surface area contributed by atoms with Gasteiger partial charge in [-0.25, -0.2) is 13.4 Å². The molecule has 0 aliphatic carbocycles. The zero-order valence-corrected chi connectivity index (χ0v) is 25.0. The number of fused-ring (bicyclic) bond motifs is 3. The van der Waals surface area contributed by atoms with Crippen LogP contribution in [0.5, 0.6) is 5.75 Å². The molecule has 0 spiro atoms. The Balaban J connectivity index is 1.22. The lowest BCUT2D eigenvalue weighted by Crippen LogP contribution is -2.43. The summed E-state index contributed by atoms with van der Waals surface area (Å²) in [6.07, 6.45) is 5.01. The van der Waals surface area contributed by atoms with Crippen LogP contribution >= 0.6 is 0 Å². The average molecular weight is 601 g/mol. The van der Waals surface area contributed by atoms with Gasteiger partial charge in [-0.3, -0.25) is 9.59 Å². The van der Waals surface area contributed by atoms with Crippen LogP contribution in [-0.2, 0) is 22.7 Å². The number of hydrogen-bond donors (Lipinski definition) is 2. The topological polar surface area (TPSA) is 136 Å². The van der Waals surface area contributed by atoms with Crippen molar-refractivity contribution in [3.8, 4) is 11.6 Å². The van der Waals surface area contributed by atoms with Gasteiger partial charge >= 0.3 is 0 Å². The van der Waals surface area contributed by atoms with Crippen LogP contribution in [0.2, 0.25) is 0 Å². The third-order valence-electron chi connectivity index (χ3n) is 7.98. The highest BCUT2D eigenvalue weighted by Gasteiger charge is 2.27. The fraction of sp³-hybridized carbons (Fsp3) is 0.290. The zero-order chi connectivity index (χ0) is 30.3. The van der Waals surface area contributed by atoms with E-state index in [0.717, 1.165) is 28.1 Å². The number of hydrogen-bond acceptors (Lipinski definition) is 8. The second-order valence-corrected chi connectivity index (χ2v) is 13.1. The maximum atomic E-state index is 13.3. The number of rotatable bonds is 6. The molecule has 0 bridgehead atoms. The Morgan fingerprint density at radius 3 is 2.47 bits per heavy atom. The Morgan fingerprint density at radius 1 is 1.00 bits per heavy atom. The molecule has 43 heavy (non-hydrogen) atoms. The van der Waals surface area contributed by atoms with E-state index < -0.39 is 9.84 Å². The first-order chi connectivity index (χ1) is 20.6. The van der Waals surface area contributed by atoms with Gasteiger partial charge < -0.3 is 24.8 Å². The number of amides is 2. The Kier molecular flexibility index (Phi) is 7.38. The summed E-state index contributed by atoms with van der Waals surface area (Å²) in [5.74, 6) is 0.967. The predicted octanol–water partition coefficient (Wildman–Crippen LogP) is 3.86. The fourth-order valence-corrected chi connectivity index (χ4v) is 6.76. The number of nitrogens with zero attached hydrogens (tertiary/aromatic N) is 4. The largest absolute Gasteiger partial charge is 0.495 e. The predicted molar refractivity (Wildman–Crippen MR) is 163 cm³/mol. The van der Waals surface area contributed by atoms with E-state index in [4.69, 9.17) is 9.72 Å². The van der Waals surface area contributed by atoms with Crippen LogP contribution in [0.4, 0.5) is 17.3 Å². The summed E-state index contributed by atoms with van der Waals surface area (Å²) in [6.45, 7) is 4.29. The van der Waals surface area contributed by atoms with Gasteiger partial charge in [0.2, 0.25) is 5.95 Å². The highest BCUT2D eigenvalue weighted by Crippen LogP contribution is 2.31. The van der Waals surface area contributed by atoms with Crippen molar-refractivity contribution in [3.63, 3.8) is 0 Å². The molecule has 0 radical (unpaired) electrons. The lowest BCUT2D eigenvalue weighted by molar-refractivity contribution is 0.0769. The number of carbonyl (C=O) groups excluding carboxylic acids is 2. The normalized spacial score (nSPS) is 15.3. The van der Waals surface area contributed by atoms with Gasteiger partial charge in [0.05, 0.1) is 29.9 Å². The highest BCUT2D eigenvalue weighted by atomic mass is 32.2. The zero-order valence-electron chi connectivity index (χ0n) is 24.2. The number of aromatic nitrogens is 3. The molecule has 0 unspecified atom stereocenters. The molecule has 4 heterocycles. The fourth-order valence-electron chi connectivity index (χ4n) is 5.56. The number of nitrogens with one attached hydrogen (secondary N) is 2. The van der Waals surface area contributed by atoms with Gasteiger partial charge in [-0.1, -0.05) is 18.2 Å². The second kappa shape index (κ2) is 11.2. The standard InChI is InChI=1S/C31H32N6O5S/c1-19-5-4-6-20(2)27(19)34-29(38)23-11-12-37-25(23)10-8-22-18-32-31(35-28(22)37)33-24-9-7-21(17-26(24)42-3)30(39)36-13-15-43(40,41)16-14-36/h4-7,9,11-12,17-18H,8,10,13-16H2,1-3H3,(H,34,38)(H,32,33,35). The van der Waals surface area contributed by atoms with Gasteiger partial charge in [0.25, 0.3) is 11.8 Å². The van der Waals surface area contributed by atoms with Crippen molar-refractivity contribution in [1.82, 2.24) is 19.4 Å². The van der Waals surface area contributed by atoms with Crippen molar-refractivity contribution in [1.29, 1.82) is 0 Å². The van der Waals surface area contributed by atoms with Gasteiger partial charge in [0.1, 0.15) is 11.6 Å². The number of para-hydroxylation sites is 1.